The number of amides is 2. The normalized spacial score (nSPS) is 15.4. The second-order valence-corrected chi connectivity index (χ2v) is 10.3. The lowest BCUT2D eigenvalue weighted by Gasteiger charge is -2.37. The van der Waals surface area contributed by atoms with Crippen LogP contribution in [0.2, 0.25) is 5.02 Å². The molecular weight excluding hydrogens is 512 g/mol. The van der Waals surface area contributed by atoms with Crippen LogP contribution in [-0.4, -0.2) is 73.0 Å². The number of piperazine rings is 1. The van der Waals surface area contributed by atoms with Gasteiger partial charge in [-0.1, -0.05) is 42.8 Å². The lowest BCUT2D eigenvalue weighted by molar-refractivity contribution is -0.132. The number of hydrogen-bond acceptors (Lipinski definition) is 5. The molecule has 39 heavy (non-hydrogen) atoms. The van der Waals surface area contributed by atoms with E-state index in [0.717, 1.165) is 61.8 Å². The van der Waals surface area contributed by atoms with Crippen LogP contribution in [0.15, 0.2) is 66.7 Å². The van der Waals surface area contributed by atoms with Gasteiger partial charge in [0.15, 0.2) is 0 Å². The SMILES string of the molecule is CCc1cc(NC=O)ccc1O.O=C(CN1CCCC1)N1CCN(c2cccc(-c3cccc(Cl)c3)c2)CC1. The van der Waals surface area contributed by atoms with Gasteiger partial charge in [-0.25, -0.2) is 0 Å². The predicted molar refractivity (Wildman–Crippen MR) is 159 cm³/mol. The average Bonchev–Trinajstić information content (AvgIpc) is 3.48. The van der Waals surface area contributed by atoms with E-state index >= 15 is 0 Å². The van der Waals surface area contributed by atoms with E-state index in [-0.39, 0.29) is 11.7 Å². The Labute approximate surface area is 236 Å². The molecule has 0 aliphatic carbocycles. The maximum atomic E-state index is 12.5. The molecule has 0 spiro atoms. The molecule has 0 radical (unpaired) electrons. The summed E-state index contributed by atoms with van der Waals surface area (Å²) in [6.07, 6.45) is 3.82. The molecular formula is C31H37ClN4O3. The Morgan fingerprint density at radius 3 is 2.28 bits per heavy atom. The van der Waals surface area contributed by atoms with E-state index in [9.17, 15) is 14.7 Å². The van der Waals surface area contributed by atoms with Gasteiger partial charge in [-0.3, -0.25) is 14.5 Å². The van der Waals surface area contributed by atoms with Gasteiger partial charge in [-0.15, -0.1) is 0 Å². The summed E-state index contributed by atoms with van der Waals surface area (Å²) in [6.45, 7) is 8.03. The molecule has 2 amide bonds. The summed E-state index contributed by atoms with van der Waals surface area (Å²) in [5, 5.41) is 12.6. The van der Waals surface area contributed by atoms with Crippen LogP contribution < -0.4 is 10.2 Å². The van der Waals surface area contributed by atoms with E-state index in [0.29, 0.717) is 18.6 Å². The van der Waals surface area contributed by atoms with Crippen molar-refractivity contribution < 1.29 is 14.7 Å². The number of phenolic OH excluding ortho intramolecular Hbond substituents is 1. The number of benzene rings is 3. The Balaban J connectivity index is 0.000000247. The van der Waals surface area contributed by atoms with Gasteiger partial charge in [-0.2, -0.15) is 0 Å². The van der Waals surface area contributed by atoms with Crippen LogP contribution in [0.1, 0.15) is 25.3 Å². The second kappa shape index (κ2) is 14.0. The third kappa shape index (κ3) is 7.97. The molecule has 2 aliphatic heterocycles. The fourth-order valence-electron chi connectivity index (χ4n) is 5.02. The highest BCUT2D eigenvalue weighted by molar-refractivity contribution is 6.30. The molecule has 5 rings (SSSR count). The average molecular weight is 549 g/mol. The third-order valence-electron chi connectivity index (χ3n) is 7.25. The smallest absolute Gasteiger partial charge is 0.236 e. The highest BCUT2D eigenvalue weighted by atomic mass is 35.5. The predicted octanol–water partition coefficient (Wildman–Crippen LogP) is 5.27. The van der Waals surface area contributed by atoms with Crippen molar-refractivity contribution in [1.82, 2.24) is 9.80 Å². The number of carbonyl (C=O) groups is 2. The van der Waals surface area contributed by atoms with Crippen LogP contribution in [-0.2, 0) is 16.0 Å². The van der Waals surface area contributed by atoms with E-state index in [1.54, 1.807) is 18.2 Å². The quantitative estimate of drug-likeness (QED) is 0.310. The van der Waals surface area contributed by atoms with E-state index in [2.05, 4.69) is 45.4 Å². The van der Waals surface area contributed by atoms with Crippen molar-refractivity contribution in [2.75, 3.05) is 56.0 Å². The number of likely N-dealkylation sites (tertiary alicyclic amines) is 1. The number of halogens is 1. The Kier molecular flexibility index (Phi) is 10.2. The minimum Gasteiger partial charge on any atom is -0.508 e. The Morgan fingerprint density at radius 1 is 0.923 bits per heavy atom. The number of nitrogens with zero attached hydrogens (tertiary/aromatic N) is 3. The van der Waals surface area contributed by atoms with Crippen LogP contribution in [0.3, 0.4) is 0 Å². The number of carbonyl (C=O) groups excluding carboxylic acids is 2. The fraction of sp³-hybridized carbons (Fsp3) is 0.355. The number of rotatable bonds is 7. The van der Waals surface area contributed by atoms with Crippen molar-refractivity contribution in [3.05, 3.63) is 77.3 Å². The first-order chi connectivity index (χ1) is 19.0. The van der Waals surface area contributed by atoms with Gasteiger partial charge in [0.2, 0.25) is 12.3 Å². The molecule has 7 nitrogen and oxygen atoms in total. The van der Waals surface area contributed by atoms with Crippen LogP contribution >= 0.6 is 11.6 Å². The highest BCUT2D eigenvalue weighted by Crippen LogP contribution is 2.27. The number of aromatic hydroxyl groups is 1. The monoisotopic (exact) mass is 548 g/mol. The molecule has 2 saturated heterocycles. The van der Waals surface area contributed by atoms with Crippen molar-refractivity contribution in [3.63, 3.8) is 0 Å². The Morgan fingerprint density at radius 2 is 1.62 bits per heavy atom. The molecule has 2 heterocycles. The first kappa shape index (κ1) is 28.5. The van der Waals surface area contributed by atoms with Gasteiger partial charge in [0.25, 0.3) is 0 Å². The number of phenols is 1. The summed E-state index contributed by atoms with van der Waals surface area (Å²) in [6, 6.07) is 21.5. The zero-order valence-corrected chi connectivity index (χ0v) is 23.2. The number of hydrogen-bond donors (Lipinski definition) is 2. The highest BCUT2D eigenvalue weighted by Gasteiger charge is 2.24. The van der Waals surface area contributed by atoms with Crippen LogP contribution in [0.5, 0.6) is 5.75 Å². The largest absolute Gasteiger partial charge is 0.508 e. The Bertz CT molecular complexity index is 1250. The summed E-state index contributed by atoms with van der Waals surface area (Å²) < 4.78 is 0. The maximum absolute atomic E-state index is 12.5. The van der Waals surface area contributed by atoms with E-state index in [4.69, 9.17) is 11.6 Å². The summed E-state index contributed by atoms with van der Waals surface area (Å²) >= 11 is 6.14. The molecule has 0 aromatic heterocycles. The fourth-order valence-corrected chi connectivity index (χ4v) is 5.21. The molecule has 0 unspecified atom stereocenters. The van der Waals surface area contributed by atoms with Gasteiger partial charge in [0, 0.05) is 42.6 Å². The van der Waals surface area contributed by atoms with Crippen molar-refractivity contribution >= 4 is 35.3 Å². The zero-order chi connectivity index (χ0) is 27.6. The van der Waals surface area contributed by atoms with E-state index < -0.39 is 0 Å². The van der Waals surface area contributed by atoms with Crippen LogP contribution in [0, 0.1) is 0 Å². The standard InChI is InChI=1S/C22H26ClN3O.C9H11NO2/c23-20-7-3-5-18(15-20)19-6-4-8-21(16-19)25-11-13-26(14-12-25)22(27)17-24-9-1-2-10-24;1-2-7-5-8(10-6-11)3-4-9(7)12/h3-8,15-16H,1-2,9-14,17H2;3-6,12H,2H2,1H3,(H,10,11). The molecule has 2 N–H and O–H groups in total. The molecule has 8 heteroatoms. The molecule has 0 saturated carbocycles. The van der Waals surface area contributed by atoms with E-state index in [1.807, 2.05) is 30.0 Å². The maximum Gasteiger partial charge on any atom is 0.236 e. The minimum atomic E-state index is 0.272. The lowest BCUT2D eigenvalue weighted by atomic mass is 10.0. The summed E-state index contributed by atoms with van der Waals surface area (Å²) in [7, 11) is 0. The van der Waals surface area contributed by atoms with Gasteiger partial charge in [0.1, 0.15) is 5.75 Å². The minimum absolute atomic E-state index is 0.272. The van der Waals surface area contributed by atoms with E-state index in [1.165, 1.54) is 24.1 Å². The third-order valence-corrected chi connectivity index (χ3v) is 7.48. The van der Waals surface area contributed by atoms with Gasteiger partial charge in [-0.05, 0) is 91.5 Å². The van der Waals surface area contributed by atoms with Gasteiger partial charge in [0.05, 0.1) is 6.54 Å². The lowest BCUT2D eigenvalue weighted by Crippen LogP contribution is -2.51. The van der Waals surface area contributed by atoms with Crippen molar-refractivity contribution in [3.8, 4) is 16.9 Å². The van der Waals surface area contributed by atoms with Crippen molar-refractivity contribution in [2.24, 2.45) is 0 Å². The molecule has 2 fully saturated rings. The van der Waals surface area contributed by atoms with Crippen LogP contribution in [0.25, 0.3) is 11.1 Å². The molecule has 3 aromatic rings. The molecule has 0 bridgehead atoms. The molecule has 2 aliphatic rings. The number of aryl methyl sites for hydroxylation is 1. The zero-order valence-electron chi connectivity index (χ0n) is 22.5. The molecule has 206 valence electrons. The summed E-state index contributed by atoms with van der Waals surface area (Å²) in [5.74, 6) is 0.554. The number of nitrogens with one attached hydrogen (secondary N) is 1. The Hall–Kier alpha value is -3.55. The van der Waals surface area contributed by atoms with Crippen LogP contribution in [0.4, 0.5) is 11.4 Å². The topological polar surface area (TPSA) is 76.1 Å². The van der Waals surface area contributed by atoms with Gasteiger partial charge >= 0.3 is 0 Å². The van der Waals surface area contributed by atoms with Gasteiger partial charge < -0.3 is 20.2 Å². The number of anilines is 2. The van der Waals surface area contributed by atoms with Crippen molar-refractivity contribution in [1.29, 1.82) is 0 Å². The summed E-state index contributed by atoms with van der Waals surface area (Å²) in [5.41, 5.74) is 5.05. The first-order valence-corrected chi connectivity index (χ1v) is 14.0. The summed E-state index contributed by atoms with van der Waals surface area (Å²) in [4.78, 5) is 29.3. The first-order valence-electron chi connectivity index (χ1n) is 13.6. The molecule has 0 atom stereocenters. The molecule has 3 aromatic carbocycles. The second-order valence-electron chi connectivity index (χ2n) is 9.87. The van der Waals surface area contributed by atoms with Crippen molar-refractivity contribution in [2.45, 2.75) is 26.2 Å².